The van der Waals surface area contributed by atoms with Crippen molar-refractivity contribution in [2.24, 2.45) is 5.92 Å². The van der Waals surface area contributed by atoms with Crippen molar-refractivity contribution in [2.75, 3.05) is 38.3 Å². The fourth-order valence-electron chi connectivity index (χ4n) is 3.05. The molecule has 25 heavy (non-hydrogen) atoms. The SMILES string of the molecule is CCCCN(C)C(=O)C1CCN(C(=O)Nc2cccc(SC)c2)CC1. The largest absolute Gasteiger partial charge is 0.346 e. The molecule has 2 rings (SSSR count). The quantitative estimate of drug-likeness (QED) is 0.780. The van der Waals surface area contributed by atoms with Gasteiger partial charge in [0.25, 0.3) is 0 Å². The van der Waals surface area contributed by atoms with Crippen LogP contribution in [0.1, 0.15) is 32.6 Å². The van der Waals surface area contributed by atoms with E-state index in [0.29, 0.717) is 13.1 Å². The lowest BCUT2D eigenvalue weighted by Crippen LogP contribution is -2.45. The number of nitrogens with zero attached hydrogens (tertiary/aromatic N) is 2. The van der Waals surface area contributed by atoms with Crippen LogP contribution in [0.5, 0.6) is 0 Å². The highest BCUT2D eigenvalue weighted by Crippen LogP contribution is 2.22. The molecule has 6 heteroatoms. The minimum absolute atomic E-state index is 0.0470. The number of carbonyl (C=O) groups is 2. The number of carbonyl (C=O) groups excluding carboxylic acids is 2. The Bertz CT molecular complexity index is 586. The fourth-order valence-corrected chi connectivity index (χ4v) is 3.51. The summed E-state index contributed by atoms with van der Waals surface area (Å²) in [5, 5.41) is 2.96. The average Bonchev–Trinajstić information content (AvgIpc) is 2.65. The molecule has 0 saturated carbocycles. The van der Waals surface area contributed by atoms with Gasteiger partial charge >= 0.3 is 6.03 Å². The van der Waals surface area contributed by atoms with Crippen molar-refractivity contribution in [3.05, 3.63) is 24.3 Å². The lowest BCUT2D eigenvalue weighted by atomic mass is 9.95. The molecule has 5 nitrogen and oxygen atoms in total. The molecule has 0 spiro atoms. The number of piperidine rings is 1. The minimum atomic E-state index is -0.0801. The Labute approximate surface area is 155 Å². The first kappa shape index (κ1) is 19.6. The zero-order valence-electron chi connectivity index (χ0n) is 15.5. The van der Waals surface area contributed by atoms with Crippen molar-refractivity contribution >= 4 is 29.4 Å². The van der Waals surface area contributed by atoms with Crippen molar-refractivity contribution in [3.8, 4) is 0 Å². The van der Waals surface area contributed by atoms with E-state index >= 15 is 0 Å². The van der Waals surface area contributed by atoms with Gasteiger partial charge in [0.15, 0.2) is 0 Å². The highest BCUT2D eigenvalue weighted by molar-refractivity contribution is 7.98. The predicted molar refractivity (Wildman–Crippen MR) is 104 cm³/mol. The molecular formula is C19H29N3O2S. The van der Waals surface area contributed by atoms with Gasteiger partial charge in [-0.05, 0) is 43.7 Å². The normalized spacial score (nSPS) is 15.1. The van der Waals surface area contributed by atoms with Crippen molar-refractivity contribution in [1.82, 2.24) is 9.80 Å². The summed E-state index contributed by atoms with van der Waals surface area (Å²) in [6.45, 7) is 4.21. The second-order valence-electron chi connectivity index (χ2n) is 6.54. The van der Waals surface area contributed by atoms with Gasteiger partial charge in [0, 0.05) is 43.2 Å². The third kappa shape index (κ3) is 5.66. The number of urea groups is 1. The molecule has 0 atom stereocenters. The number of nitrogens with one attached hydrogen (secondary N) is 1. The number of hydrogen-bond donors (Lipinski definition) is 1. The van der Waals surface area contributed by atoms with Crippen molar-refractivity contribution in [3.63, 3.8) is 0 Å². The Morgan fingerprint density at radius 1 is 1.32 bits per heavy atom. The molecule has 3 amide bonds. The Morgan fingerprint density at radius 3 is 2.68 bits per heavy atom. The molecule has 0 aliphatic carbocycles. The average molecular weight is 364 g/mol. The number of amides is 3. The van der Waals surface area contributed by atoms with Crippen molar-refractivity contribution in [1.29, 1.82) is 0 Å². The van der Waals surface area contributed by atoms with Crippen LogP contribution in [0.25, 0.3) is 0 Å². The van der Waals surface area contributed by atoms with Gasteiger partial charge in [-0.15, -0.1) is 11.8 Å². The Balaban J connectivity index is 1.82. The van der Waals surface area contributed by atoms with Gasteiger partial charge in [0.2, 0.25) is 5.91 Å². The van der Waals surface area contributed by atoms with Crippen molar-refractivity contribution in [2.45, 2.75) is 37.5 Å². The fraction of sp³-hybridized carbons (Fsp3) is 0.579. The molecule has 1 saturated heterocycles. The molecule has 1 N–H and O–H groups in total. The van der Waals surface area contributed by atoms with E-state index in [1.54, 1.807) is 11.8 Å². The monoisotopic (exact) mass is 363 g/mol. The number of rotatable bonds is 6. The summed E-state index contributed by atoms with van der Waals surface area (Å²) in [6, 6.07) is 7.76. The summed E-state index contributed by atoms with van der Waals surface area (Å²) in [6.07, 6.45) is 5.63. The number of benzene rings is 1. The molecular weight excluding hydrogens is 334 g/mol. The van der Waals surface area contributed by atoms with E-state index in [2.05, 4.69) is 12.2 Å². The Hall–Kier alpha value is -1.69. The molecule has 1 aliphatic heterocycles. The summed E-state index contributed by atoms with van der Waals surface area (Å²) < 4.78 is 0. The maximum absolute atomic E-state index is 12.4. The number of likely N-dealkylation sites (tertiary alicyclic amines) is 1. The molecule has 0 unspecified atom stereocenters. The number of anilines is 1. The molecule has 1 aromatic rings. The second-order valence-corrected chi connectivity index (χ2v) is 7.42. The summed E-state index contributed by atoms with van der Waals surface area (Å²) in [5.74, 6) is 0.270. The standard InChI is InChI=1S/C19H29N3O2S/c1-4-5-11-21(2)18(23)15-9-12-22(13-10-15)19(24)20-16-7-6-8-17(14-16)25-3/h6-8,14-15H,4-5,9-13H2,1-3H3,(H,20,24). The van der Waals surface area contributed by atoms with E-state index in [-0.39, 0.29) is 17.9 Å². The van der Waals surface area contributed by atoms with Gasteiger partial charge in [-0.3, -0.25) is 4.79 Å². The lowest BCUT2D eigenvalue weighted by Gasteiger charge is -2.33. The van der Waals surface area contributed by atoms with Gasteiger partial charge in [-0.2, -0.15) is 0 Å². The van der Waals surface area contributed by atoms with Crippen LogP contribution in [-0.2, 0) is 4.79 Å². The minimum Gasteiger partial charge on any atom is -0.346 e. The van der Waals surface area contributed by atoms with Crippen LogP contribution in [0.3, 0.4) is 0 Å². The highest BCUT2D eigenvalue weighted by Gasteiger charge is 2.28. The zero-order chi connectivity index (χ0) is 18.2. The molecule has 0 aromatic heterocycles. The van der Waals surface area contributed by atoms with E-state index in [1.807, 2.05) is 47.4 Å². The number of hydrogen-bond acceptors (Lipinski definition) is 3. The Kier molecular flexibility index (Phi) is 7.62. The van der Waals surface area contributed by atoms with E-state index in [1.165, 1.54) is 0 Å². The first-order valence-electron chi connectivity index (χ1n) is 9.00. The summed E-state index contributed by atoms with van der Waals surface area (Å²) in [4.78, 5) is 29.7. The maximum Gasteiger partial charge on any atom is 0.321 e. The predicted octanol–water partition coefficient (Wildman–Crippen LogP) is 3.91. The summed E-state index contributed by atoms with van der Waals surface area (Å²) >= 11 is 1.65. The lowest BCUT2D eigenvalue weighted by molar-refractivity contribution is -0.135. The topological polar surface area (TPSA) is 52.7 Å². The van der Waals surface area contributed by atoms with Crippen LogP contribution in [0.15, 0.2) is 29.2 Å². The third-order valence-electron chi connectivity index (χ3n) is 4.68. The van der Waals surface area contributed by atoms with Crippen LogP contribution in [-0.4, -0.2) is 54.7 Å². The summed E-state index contributed by atoms with van der Waals surface area (Å²) in [5.41, 5.74) is 0.814. The second kappa shape index (κ2) is 9.70. The van der Waals surface area contributed by atoms with Crippen LogP contribution in [0.4, 0.5) is 10.5 Å². The number of unbranched alkanes of at least 4 members (excludes halogenated alkanes) is 1. The molecule has 1 aromatic carbocycles. The summed E-state index contributed by atoms with van der Waals surface area (Å²) in [7, 11) is 1.88. The molecule has 1 aliphatic rings. The smallest absolute Gasteiger partial charge is 0.321 e. The van der Waals surface area contributed by atoms with Gasteiger partial charge < -0.3 is 15.1 Å². The van der Waals surface area contributed by atoms with E-state index in [9.17, 15) is 9.59 Å². The third-order valence-corrected chi connectivity index (χ3v) is 5.40. The number of thioether (sulfide) groups is 1. The molecule has 1 fully saturated rings. The highest BCUT2D eigenvalue weighted by atomic mass is 32.2. The van der Waals surface area contributed by atoms with Gasteiger partial charge in [-0.25, -0.2) is 4.79 Å². The van der Waals surface area contributed by atoms with E-state index in [4.69, 9.17) is 0 Å². The molecule has 0 bridgehead atoms. The van der Waals surface area contributed by atoms with Crippen molar-refractivity contribution < 1.29 is 9.59 Å². The van der Waals surface area contributed by atoms with Crippen LogP contribution in [0, 0.1) is 5.92 Å². The van der Waals surface area contributed by atoms with Crippen LogP contribution >= 0.6 is 11.8 Å². The van der Waals surface area contributed by atoms with E-state index in [0.717, 1.165) is 42.8 Å². The van der Waals surface area contributed by atoms with Gasteiger partial charge in [0.05, 0.1) is 0 Å². The first-order valence-corrected chi connectivity index (χ1v) is 10.2. The van der Waals surface area contributed by atoms with Crippen LogP contribution < -0.4 is 5.32 Å². The molecule has 138 valence electrons. The van der Waals surface area contributed by atoms with E-state index < -0.39 is 0 Å². The van der Waals surface area contributed by atoms with Crippen LogP contribution in [0.2, 0.25) is 0 Å². The molecule has 0 radical (unpaired) electrons. The maximum atomic E-state index is 12.4. The Morgan fingerprint density at radius 2 is 2.04 bits per heavy atom. The van der Waals surface area contributed by atoms with Gasteiger partial charge in [0.1, 0.15) is 0 Å². The van der Waals surface area contributed by atoms with Gasteiger partial charge in [-0.1, -0.05) is 19.4 Å². The molecule has 1 heterocycles. The zero-order valence-corrected chi connectivity index (χ0v) is 16.3. The first-order chi connectivity index (χ1) is 12.0.